The highest BCUT2D eigenvalue weighted by Gasteiger charge is 2.36. The van der Waals surface area contributed by atoms with Gasteiger partial charge in [-0.3, -0.25) is 18.8 Å². The molecule has 0 radical (unpaired) electrons. The fraction of sp³-hybridized carbons (Fsp3) is 0.333. The summed E-state index contributed by atoms with van der Waals surface area (Å²) in [6.07, 6.45) is 4.55. The summed E-state index contributed by atoms with van der Waals surface area (Å²) in [4.78, 5) is 49.8. The van der Waals surface area contributed by atoms with E-state index >= 15 is 4.39 Å². The third-order valence-electron chi connectivity index (χ3n) is 8.62. The van der Waals surface area contributed by atoms with Crippen molar-refractivity contribution in [2.45, 2.75) is 19.4 Å². The molecule has 2 fully saturated rings. The van der Waals surface area contributed by atoms with Crippen LogP contribution in [0.3, 0.4) is 0 Å². The number of imidazole rings is 1. The third-order valence-corrected chi connectivity index (χ3v) is 8.62. The van der Waals surface area contributed by atoms with Crippen LogP contribution >= 0.6 is 0 Å². The van der Waals surface area contributed by atoms with Crippen LogP contribution in [0.5, 0.6) is 5.75 Å². The van der Waals surface area contributed by atoms with E-state index in [0.717, 1.165) is 5.56 Å². The number of piperazine rings is 1. The number of hydrogen-bond donors (Lipinski definition) is 2. The number of amides is 2. The van der Waals surface area contributed by atoms with Gasteiger partial charge in [-0.2, -0.15) is 9.65 Å². The van der Waals surface area contributed by atoms with Crippen molar-refractivity contribution in [3.8, 4) is 23.1 Å². The van der Waals surface area contributed by atoms with Crippen LogP contribution in [0.15, 0.2) is 48.9 Å². The van der Waals surface area contributed by atoms with Gasteiger partial charge in [0.2, 0.25) is 11.7 Å². The van der Waals surface area contributed by atoms with Crippen molar-refractivity contribution in [2.75, 3.05) is 51.2 Å². The summed E-state index contributed by atoms with van der Waals surface area (Å²) >= 11 is 0. The maximum atomic E-state index is 15.0. The van der Waals surface area contributed by atoms with E-state index in [4.69, 9.17) is 14.7 Å². The van der Waals surface area contributed by atoms with E-state index in [2.05, 4.69) is 20.6 Å². The van der Waals surface area contributed by atoms with Gasteiger partial charge in [0.15, 0.2) is 29.6 Å². The molecule has 2 aliphatic rings. The van der Waals surface area contributed by atoms with Gasteiger partial charge in [0.1, 0.15) is 12.2 Å². The molecule has 48 heavy (non-hydrogen) atoms. The molecular formula is C33H32F2N8O5. The highest BCUT2D eigenvalue weighted by Crippen LogP contribution is 2.32. The Morgan fingerprint density at radius 1 is 1.12 bits per heavy atom. The van der Waals surface area contributed by atoms with E-state index in [1.165, 1.54) is 24.5 Å². The number of aryl methyl sites for hydroxylation is 1. The van der Waals surface area contributed by atoms with Gasteiger partial charge < -0.3 is 29.9 Å². The second-order valence-electron chi connectivity index (χ2n) is 11.4. The Morgan fingerprint density at radius 2 is 1.92 bits per heavy atom. The third kappa shape index (κ3) is 6.34. The Bertz CT molecular complexity index is 1900. The number of ether oxygens (including phenoxy) is 2. The fourth-order valence-electron chi connectivity index (χ4n) is 6.14. The van der Waals surface area contributed by atoms with Crippen molar-refractivity contribution in [3.63, 3.8) is 0 Å². The van der Waals surface area contributed by atoms with Crippen LogP contribution in [0, 0.1) is 35.8 Å². The van der Waals surface area contributed by atoms with Gasteiger partial charge in [0.05, 0.1) is 17.8 Å². The molecule has 4 heterocycles. The SMILES string of the molecule is Cc1cc(Nc2nccn3c(-c4ccc(OCC#N)c(F)c4F)cnc23)ccc1C(=O)N1CCN(C(=O)[C@H]2CCNC[C@H]2OC=O)CC1. The molecule has 2 saturated heterocycles. The summed E-state index contributed by atoms with van der Waals surface area (Å²) in [6, 6.07) is 9.60. The number of piperidine rings is 1. The number of nitrogens with one attached hydrogen (secondary N) is 2. The molecule has 4 aromatic rings. The minimum absolute atomic E-state index is 0.0484. The predicted octanol–water partition coefficient (Wildman–Crippen LogP) is 3.06. The second kappa shape index (κ2) is 14.0. The molecule has 2 aromatic heterocycles. The molecule has 0 unspecified atom stereocenters. The summed E-state index contributed by atoms with van der Waals surface area (Å²) in [5, 5.41) is 15.0. The highest BCUT2D eigenvalue weighted by atomic mass is 19.2. The molecule has 15 heteroatoms. The maximum Gasteiger partial charge on any atom is 0.293 e. The van der Waals surface area contributed by atoms with E-state index in [1.54, 1.807) is 44.7 Å². The molecular weight excluding hydrogens is 626 g/mol. The van der Waals surface area contributed by atoms with Crippen molar-refractivity contribution in [1.82, 2.24) is 29.5 Å². The van der Waals surface area contributed by atoms with Crippen LogP contribution in [0.25, 0.3) is 16.9 Å². The molecule has 2 atom stereocenters. The molecule has 2 aromatic carbocycles. The largest absolute Gasteiger partial charge is 0.476 e. The summed E-state index contributed by atoms with van der Waals surface area (Å²) < 4.78 is 41.3. The number of nitrogens with zero attached hydrogens (tertiary/aromatic N) is 6. The number of carbonyl (C=O) groups excluding carboxylic acids is 3. The standard InChI is InChI=1S/C33H32F2N8O5/c1-20-16-21(2-3-22(20)32(45)41-11-13-42(14-12-41)33(46)24-6-8-37-18-27(24)48-19-44)40-30-31-39-17-25(43(31)10-9-38-30)23-4-5-26(47-15-7-36)29(35)28(23)34/h2-5,9-10,16-17,19,24,27,37H,6,8,11-15,18H2,1H3,(H,38,40)/t24-,27+/m0/s1. The zero-order chi connectivity index (χ0) is 33.8. The van der Waals surface area contributed by atoms with Gasteiger partial charge in [-0.25, -0.2) is 14.4 Å². The molecule has 2 aliphatic heterocycles. The van der Waals surface area contributed by atoms with E-state index in [-0.39, 0.29) is 28.8 Å². The number of hydrogen-bond acceptors (Lipinski definition) is 10. The van der Waals surface area contributed by atoms with E-state index in [9.17, 15) is 18.8 Å². The minimum atomic E-state index is -1.21. The lowest BCUT2D eigenvalue weighted by Crippen LogP contribution is -2.55. The van der Waals surface area contributed by atoms with Crippen LogP contribution in [-0.4, -0.2) is 94.4 Å². The number of benzene rings is 2. The lowest BCUT2D eigenvalue weighted by molar-refractivity contribution is -0.149. The average Bonchev–Trinajstić information content (AvgIpc) is 3.54. The van der Waals surface area contributed by atoms with Gasteiger partial charge in [-0.15, -0.1) is 0 Å². The lowest BCUT2D eigenvalue weighted by atomic mass is 9.93. The fourth-order valence-corrected chi connectivity index (χ4v) is 6.14. The number of fused-ring (bicyclic) bond motifs is 1. The monoisotopic (exact) mass is 658 g/mol. The van der Waals surface area contributed by atoms with E-state index in [0.29, 0.717) is 74.9 Å². The molecule has 0 bridgehead atoms. The van der Waals surface area contributed by atoms with Crippen LogP contribution < -0.4 is 15.4 Å². The second-order valence-corrected chi connectivity index (χ2v) is 11.4. The van der Waals surface area contributed by atoms with E-state index in [1.807, 2.05) is 6.92 Å². The average molecular weight is 659 g/mol. The topological polar surface area (TPSA) is 154 Å². The minimum Gasteiger partial charge on any atom is -0.476 e. The molecule has 2 amide bonds. The van der Waals surface area contributed by atoms with Gasteiger partial charge in [0, 0.05) is 61.9 Å². The molecule has 6 rings (SSSR count). The number of rotatable bonds is 9. The molecule has 0 aliphatic carbocycles. The van der Waals surface area contributed by atoms with Crippen molar-refractivity contribution >= 4 is 35.4 Å². The van der Waals surface area contributed by atoms with Crippen LogP contribution in [0.2, 0.25) is 0 Å². The Balaban J connectivity index is 1.13. The summed E-state index contributed by atoms with van der Waals surface area (Å²) in [7, 11) is 0. The quantitative estimate of drug-likeness (QED) is 0.257. The van der Waals surface area contributed by atoms with Crippen molar-refractivity contribution in [3.05, 3.63) is 71.7 Å². The zero-order valence-corrected chi connectivity index (χ0v) is 26.0. The molecule has 0 saturated carbocycles. The van der Waals surface area contributed by atoms with Crippen molar-refractivity contribution in [2.24, 2.45) is 5.92 Å². The summed E-state index contributed by atoms with van der Waals surface area (Å²) in [5.74, 6) is -2.96. The van der Waals surface area contributed by atoms with Crippen LogP contribution in [0.1, 0.15) is 22.3 Å². The Labute approximate surface area is 274 Å². The number of nitriles is 1. The molecule has 0 spiro atoms. The number of aromatic nitrogens is 3. The number of halogens is 2. The smallest absolute Gasteiger partial charge is 0.293 e. The molecule has 13 nitrogen and oxygen atoms in total. The van der Waals surface area contributed by atoms with Gasteiger partial charge in [-0.05, 0) is 55.8 Å². The first-order chi connectivity index (χ1) is 23.3. The maximum absolute atomic E-state index is 15.0. The van der Waals surface area contributed by atoms with Crippen LogP contribution in [-0.2, 0) is 14.3 Å². The first kappa shape index (κ1) is 32.3. The van der Waals surface area contributed by atoms with Gasteiger partial charge in [-0.1, -0.05) is 0 Å². The first-order valence-electron chi connectivity index (χ1n) is 15.4. The van der Waals surface area contributed by atoms with Crippen molar-refractivity contribution < 1.29 is 32.6 Å². The normalized spacial score (nSPS) is 17.9. The Hall–Kier alpha value is -5.62. The molecule has 248 valence electrons. The Morgan fingerprint density at radius 3 is 2.67 bits per heavy atom. The zero-order valence-electron chi connectivity index (χ0n) is 26.0. The van der Waals surface area contributed by atoms with Gasteiger partial charge >= 0.3 is 0 Å². The summed E-state index contributed by atoms with van der Waals surface area (Å²) in [6.45, 7) is 4.42. The summed E-state index contributed by atoms with van der Waals surface area (Å²) in [5.41, 5.74) is 2.47. The highest BCUT2D eigenvalue weighted by molar-refractivity contribution is 5.96. The van der Waals surface area contributed by atoms with Gasteiger partial charge in [0.25, 0.3) is 12.4 Å². The first-order valence-corrected chi connectivity index (χ1v) is 15.4. The van der Waals surface area contributed by atoms with Crippen LogP contribution in [0.4, 0.5) is 20.3 Å². The number of anilines is 2. The van der Waals surface area contributed by atoms with Crippen molar-refractivity contribution in [1.29, 1.82) is 5.26 Å². The number of carbonyl (C=O) groups is 3. The Kier molecular flexibility index (Phi) is 9.44. The molecule has 2 N–H and O–H groups in total. The van der Waals surface area contributed by atoms with E-state index < -0.39 is 30.3 Å². The lowest BCUT2D eigenvalue weighted by Gasteiger charge is -2.39. The predicted molar refractivity (Wildman–Crippen MR) is 168 cm³/mol.